The van der Waals surface area contributed by atoms with Crippen molar-refractivity contribution in [2.24, 2.45) is 0 Å². The summed E-state index contributed by atoms with van der Waals surface area (Å²) in [6.07, 6.45) is 1.52. The van der Waals surface area contributed by atoms with Crippen molar-refractivity contribution in [3.05, 3.63) is 42.6 Å². The van der Waals surface area contributed by atoms with Crippen LogP contribution in [0.5, 0.6) is 0 Å². The van der Waals surface area contributed by atoms with Crippen molar-refractivity contribution in [3.8, 4) is 0 Å². The fraction of sp³-hybridized carbons (Fsp3) is 0.375. The number of nitrogens with zero attached hydrogens (tertiary/aromatic N) is 7. The highest BCUT2D eigenvalue weighted by molar-refractivity contribution is 5.66. The molecule has 2 atom stereocenters. The van der Waals surface area contributed by atoms with Gasteiger partial charge < -0.3 is 9.80 Å². The molecular formula is C16H14F3N7. The van der Waals surface area contributed by atoms with Crippen LogP contribution in [0.4, 0.5) is 24.8 Å². The quantitative estimate of drug-likeness (QED) is 0.696. The molecule has 10 heteroatoms. The Morgan fingerprint density at radius 3 is 2.65 bits per heavy atom. The van der Waals surface area contributed by atoms with E-state index in [2.05, 4.69) is 25.1 Å². The van der Waals surface area contributed by atoms with Gasteiger partial charge in [-0.15, -0.1) is 10.2 Å². The zero-order chi connectivity index (χ0) is 17.9. The van der Waals surface area contributed by atoms with Crippen LogP contribution < -0.4 is 9.80 Å². The number of hydrogen-bond donors (Lipinski definition) is 0. The highest BCUT2D eigenvalue weighted by Gasteiger charge is 2.45. The molecule has 0 saturated carbocycles. The Hall–Kier alpha value is -2.91. The Kier molecular flexibility index (Phi) is 3.12. The number of hydrogen-bond acceptors (Lipinski definition) is 6. The monoisotopic (exact) mass is 361 g/mol. The summed E-state index contributed by atoms with van der Waals surface area (Å²) >= 11 is 0. The van der Waals surface area contributed by atoms with Crippen LogP contribution in [-0.4, -0.2) is 49.7 Å². The Labute approximate surface area is 146 Å². The molecule has 5 heterocycles. The minimum Gasteiger partial charge on any atom is -0.350 e. The summed E-state index contributed by atoms with van der Waals surface area (Å²) < 4.78 is 40.6. The van der Waals surface area contributed by atoms with Crippen molar-refractivity contribution in [3.63, 3.8) is 0 Å². The van der Waals surface area contributed by atoms with Gasteiger partial charge in [-0.3, -0.25) is 4.40 Å². The van der Waals surface area contributed by atoms with Crippen molar-refractivity contribution in [1.82, 2.24) is 24.6 Å². The van der Waals surface area contributed by atoms with Crippen molar-refractivity contribution >= 4 is 17.3 Å². The van der Waals surface area contributed by atoms with Crippen LogP contribution in [0.2, 0.25) is 0 Å². The van der Waals surface area contributed by atoms with Crippen LogP contribution in [-0.2, 0) is 6.18 Å². The topological polar surface area (TPSA) is 62.5 Å². The summed E-state index contributed by atoms with van der Waals surface area (Å²) in [5.41, 5.74) is -0.173. The molecule has 0 N–H and O–H groups in total. The molecule has 2 unspecified atom stereocenters. The SMILES string of the molecule is FC(F)(F)c1cccc(N2CC3CC2CN3c2nccn3cnnc23)n1. The maximum absolute atomic E-state index is 12.9. The van der Waals surface area contributed by atoms with E-state index in [0.29, 0.717) is 24.6 Å². The van der Waals surface area contributed by atoms with E-state index >= 15 is 0 Å². The third kappa shape index (κ3) is 2.28. The van der Waals surface area contributed by atoms with Gasteiger partial charge in [-0.25, -0.2) is 9.97 Å². The van der Waals surface area contributed by atoms with E-state index in [4.69, 9.17) is 0 Å². The van der Waals surface area contributed by atoms with Gasteiger partial charge in [0, 0.05) is 25.5 Å². The Balaban J connectivity index is 1.42. The number of pyridine rings is 1. The molecule has 5 rings (SSSR count). The van der Waals surface area contributed by atoms with Crippen molar-refractivity contribution < 1.29 is 13.2 Å². The minimum absolute atomic E-state index is 0.0981. The van der Waals surface area contributed by atoms with Gasteiger partial charge in [0.1, 0.15) is 17.8 Å². The molecule has 2 fully saturated rings. The van der Waals surface area contributed by atoms with E-state index < -0.39 is 11.9 Å². The van der Waals surface area contributed by atoms with Crippen molar-refractivity contribution in [1.29, 1.82) is 0 Å². The first-order valence-corrected chi connectivity index (χ1v) is 8.22. The van der Waals surface area contributed by atoms with Gasteiger partial charge >= 0.3 is 6.18 Å². The van der Waals surface area contributed by atoms with Crippen molar-refractivity contribution in [2.45, 2.75) is 24.7 Å². The predicted molar refractivity (Wildman–Crippen MR) is 86.9 cm³/mol. The molecule has 26 heavy (non-hydrogen) atoms. The summed E-state index contributed by atoms with van der Waals surface area (Å²) in [7, 11) is 0. The molecule has 0 aliphatic carbocycles. The van der Waals surface area contributed by atoms with Crippen LogP contribution in [0.3, 0.4) is 0 Å². The molecule has 2 aliphatic heterocycles. The number of piperazine rings is 1. The molecule has 0 aromatic carbocycles. The first-order valence-electron chi connectivity index (χ1n) is 8.22. The third-order valence-corrected chi connectivity index (χ3v) is 5.03. The zero-order valence-electron chi connectivity index (χ0n) is 13.5. The van der Waals surface area contributed by atoms with Gasteiger partial charge in [-0.1, -0.05) is 6.07 Å². The molecule has 0 radical (unpaired) electrons. The molecule has 2 saturated heterocycles. The minimum atomic E-state index is -4.44. The van der Waals surface area contributed by atoms with Crippen LogP contribution >= 0.6 is 0 Å². The van der Waals surface area contributed by atoms with Gasteiger partial charge in [0.05, 0.1) is 12.1 Å². The maximum Gasteiger partial charge on any atom is 0.433 e. The number of alkyl halides is 3. The molecule has 2 aliphatic rings. The smallest absolute Gasteiger partial charge is 0.350 e. The van der Waals surface area contributed by atoms with E-state index in [9.17, 15) is 13.2 Å². The van der Waals surface area contributed by atoms with Gasteiger partial charge in [0.2, 0.25) is 5.65 Å². The van der Waals surface area contributed by atoms with Crippen LogP contribution in [0.15, 0.2) is 36.9 Å². The fourth-order valence-electron chi connectivity index (χ4n) is 3.90. The second kappa shape index (κ2) is 5.29. The largest absolute Gasteiger partial charge is 0.433 e. The van der Waals surface area contributed by atoms with E-state index in [0.717, 1.165) is 18.3 Å². The van der Waals surface area contributed by atoms with Gasteiger partial charge in [-0.2, -0.15) is 13.2 Å². The number of aromatic nitrogens is 5. The predicted octanol–water partition coefficient (Wildman–Crippen LogP) is 2.01. The second-order valence-electron chi connectivity index (χ2n) is 6.54. The van der Waals surface area contributed by atoms with Crippen LogP contribution in [0.1, 0.15) is 12.1 Å². The summed E-state index contributed by atoms with van der Waals surface area (Å²) in [6, 6.07) is 4.30. The van der Waals surface area contributed by atoms with Crippen molar-refractivity contribution in [2.75, 3.05) is 22.9 Å². The average molecular weight is 361 g/mol. The molecule has 7 nitrogen and oxygen atoms in total. The summed E-state index contributed by atoms with van der Waals surface area (Å²) in [5.74, 6) is 1.13. The summed E-state index contributed by atoms with van der Waals surface area (Å²) in [5, 5.41) is 8.03. The maximum atomic E-state index is 12.9. The van der Waals surface area contributed by atoms with E-state index in [-0.39, 0.29) is 12.1 Å². The summed E-state index contributed by atoms with van der Waals surface area (Å²) in [4.78, 5) is 12.4. The lowest BCUT2D eigenvalue weighted by atomic mass is 10.2. The highest BCUT2D eigenvalue weighted by atomic mass is 19.4. The third-order valence-electron chi connectivity index (χ3n) is 5.03. The normalized spacial score (nSPS) is 22.6. The van der Waals surface area contributed by atoms with Gasteiger partial charge in [0.25, 0.3) is 0 Å². The molecule has 3 aromatic heterocycles. The molecule has 2 bridgehead atoms. The number of anilines is 2. The molecule has 0 spiro atoms. The standard InChI is InChI=1S/C16H14F3N7/c17-16(18,19)12-2-1-3-13(22-12)25-7-11-6-10(25)8-26(11)14-15-23-21-9-24(15)5-4-20-14/h1-5,9-11H,6-8H2. The Morgan fingerprint density at radius 2 is 1.88 bits per heavy atom. The number of halogens is 3. The van der Waals surface area contributed by atoms with E-state index in [1.807, 2.05) is 4.90 Å². The number of rotatable bonds is 2. The first kappa shape index (κ1) is 15.4. The highest BCUT2D eigenvalue weighted by Crippen LogP contribution is 2.38. The molecular weight excluding hydrogens is 347 g/mol. The lowest BCUT2D eigenvalue weighted by Gasteiger charge is -2.35. The number of fused-ring (bicyclic) bond motifs is 3. The van der Waals surface area contributed by atoms with E-state index in [1.165, 1.54) is 6.07 Å². The van der Waals surface area contributed by atoms with Crippen LogP contribution in [0.25, 0.3) is 5.65 Å². The average Bonchev–Trinajstić information content (AvgIpc) is 3.35. The van der Waals surface area contributed by atoms with Gasteiger partial charge in [-0.05, 0) is 18.6 Å². The Morgan fingerprint density at radius 1 is 1.08 bits per heavy atom. The first-order chi connectivity index (χ1) is 12.5. The fourth-order valence-corrected chi connectivity index (χ4v) is 3.90. The molecule has 3 aromatic rings. The summed E-state index contributed by atoms with van der Waals surface area (Å²) in [6.45, 7) is 1.28. The molecule has 134 valence electrons. The van der Waals surface area contributed by atoms with Gasteiger partial charge in [0.15, 0.2) is 5.82 Å². The second-order valence-corrected chi connectivity index (χ2v) is 6.54. The molecule has 0 amide bonds. The Bertz CT molecular complexity index is 970. The van der Waals surface area contributed by atoms with Crippen LogP contribution in [0, 0.1) is 0 Å². The zero-order valence-corrected chi connectivity index (χ0v) is 13.5. The van der Waals surface area contributed by atoms with E-state index in [1.54, 1.807) is 29.2 Å². The lowest BCUT2D eigenvalue weighted by Crippen LogP contribution is -2.47. The lowest BCUT2D eigenvalue weighted by molar-refractivity contribution is -0.141.